The standard InChI is InChI=1S/C34H34Cl2FN3O4S/c1-3-24(2)38-34(42)32(21-25-12-6-4-7-13-25)39(22-26-18-19-28(35)29(36)20-26)33(41)23-40(31-17-11-10-16-30(31)37)45(43,44)27-14-8-5-9-15-27/h4-20,24,32H,3,21-23H2,1-2H3,(H,38,42)/t24-,32-/m1/s1. The summed E-state index contributed by atoms with van der Waals surface area (Å²) in [7, 11) is -4.41. The number of carbonyl (C=O) groups is 2. The lowest BCUT2D eigenvalue weighted by atomic mass is 10.0. The predicted octanol–water partition coefficient (Wildman–Crippen LogP) is 6.88. The van der Waals surface area contributed by atoms with Crippen LogP contribution in [0, 0.1) is 5.82 Å². The van der Waals surface area contributed by atoms with Crippen LogP contribution in [0.5, 0.6) is 0 Å². The van der Waals surface area contributed by atoms with E-state index in [2.05, 4.69) is 5.32 Å². The van der Waals surface area contributed by atoms with Gasteiger partial charge in [-0.25, -0.2) is 12.8 Å². The number of nitrogens with one attached hydrogen (secondary N) is 1. The van der Waals surface area contributed by atoms with Crippen molar-refractivity contribution in [2.75, 3.05) is 10.8 Å². The lowest BCUT2D eigenvalue weighted by molar-refractivity contribution is -0.140. The molecule has 236 valence electrons. The van der Waals surface area contributed by atoms with Crippen LogP contribution in [0.1, 0.15) is 31.4 Å². The Balaban J connectivity index is 1.82. The molecule has 4 rings (SSSR count). The number of anilines is 1. The lowest BCUT2D eigenvalue weighted by Crippen LogP contribution is -2.54. The molecule has 2 amide bonds. The van der Waals surface area contributed by atoms with Gasteiger partial charge in [0.25, 0.3) is 10.0 Å². The topological polar surface area (TPSA) is 86.8 Å². The smallest absolute Gasteiger partial charge is 0.264 e. The van der Waals surface area contributed by atoms with Crippen molar-refractivity contribution in [1.29, 1.82) is 0 Å². The van der Waals surface area contributed by atoms with Gasteiger partial charge in [0, 0.05) is 19.0 Å². The minimum absolute atomic E-state index is 0.0996. The van der Waals surface area contributed by atoms with Crippen molar-refractivity contribution in [1.82, 2.24) is 10.2 Å². The molecule has 0 aliphatic heterocycles. The molecule has 0 saturated heterocycles. The van der Waals surface area contributed by atoms with Gasteiger partial charge in [0.1, 0.15) is 18.4 Å². The molecule has 0 aromatic heterocycles. The summed E-state index contributed by atoms with van der Waals surface area (Å²) in [5.74, 6) is -1.95. The maximum Gasteiger partial charge on any atom is 0.264 e. The highest BCUT2D eigenvalue weighted by Gasteiger charge is 2.35. The van der Waals surface area contributed by atoms with Crippen LogP contribution in [0.3, 0.4) is 0 Å². The molecular weight excluding hydrogens is 636 g/mol. The summed E-state index contributed by atoms with van der Waals surface area (Å²) in [5, 5.41) is 3.54. The molecule has 0 aliphatic carbocycles. The largest absolute Gasteiger partial charge is 0.352 e. The number of amides is 2. The van der Waals surface area contributed by atoms with E-state index in [-0.39, 0.29) is 34.6 Å². The average molecular weight is 671 g/mol. The van der Waals surface area contributed by atoms with E-state index in [1.807, 2.05) is 44.2 Å². The van der Waals surface area contributed by atoms with Crippen molar-refractivity contribution in [3.05, 3.63) is 130 Å². The van der Waals surface area contributed by atoms with Crippen molar-refractivity contribution >= 4 is 50.7 Å². The summed E-state index contributed by atoms with van der Waals surface area (Å²) >= 11 is 12.4. The SMILES string of the molecule is CC[C@@H](C)NC(=O)[C@@H](Cc1ccccc1)N(Cc1ccc(Cl)c(Cl)c1)C(=O)CN(c1ccccc1F)S(=O)(=O)c1ccccc1. The first-order chi connectivity index (χ1) is 21.5. The molecule has 2 atom stereocenters. The molecule has 0 spiro atoms. The van der Waals surface area contributed by atoms with E-state index in [4.69, 9.17) is 23.2 Å². The Hall–Kier alpha value is -3.92. The van der Waals surface area contributed by atoms with E-state index in [0.717, 1.165) is 15.9 Å². The lowest BCUT2D eigenvalue weighted by Gasteiger charge is -2.34. The number of para-hydroxylation sites is 1. The van der Waals surface area contributed by atoms with Gasteiger partial charge in [-0.2, -0.15) is 0 Å². The highest BCUT2D eigenvalue weighted by Crippen LogP contribution is 2.28. The first kappa shape index (κ1) is 34.0. The molecule has 0 radical (unpaired) electrons. The molecule has 7 nitrogen and oxygen atoms in total. The zero-order valence-corrected chi connectivity index (χ0v) is 27.2. The van der Waals surface area contributed by atoms with Gasteiger partial charge in [0.15, 0.2) is 0 Å². The van der Waals surface area contributed by atoms with Gasteiger partial charge in [-0.3, -0.25) is 13.9 Å². The van der Waals surface area contributed by atoms with Crippen LogP contribution in [0.2, 0.25) is 10.0 Å². The second-order valence-corrected chi connectivity index (χ2v) is 13.2. The van der Waals surface area contributed by atoms with Crippen molar-refractivity contribution in [3.8, 4) is 0 Å². The van der Waals surface area contributed by atoms with Gasteiger partial charge in [0.2, 0.25) is 11.8 Å². The normalized spacial score (nSPS) is 12.6. The van der Waals surface area contributed by atoms with E-state index < -0.39 is 40.2 Å². The van der Waals surface area contributed by atoms with Gasteiger partial charge in [-0.1, -0.05) is 96.9 Å². The quantitative estimate of drug-likeness (QED) is 0.168. The number of rotatable bonds is 13. The Bertz CT molecular complexity index is 1730. The van der Waals surface area contributed by atoms with Crippen LogP contribution >= 0.6 is 23.2 Å². The van der Waals surface area contributed by atoms with Crippen molar-refractivity contribution in [3.63, 3.8) is 0 Å². The minimum Gasteiger partial charge on any atom is -0.352 e. The summed E-state index contributed by atoms with van der Waals surface area (Å²) in [6.45, 7) is 2.91. The summed E-state index contributed by atoms with van der Waals surface area (Å²) in [5.41, 5.74) is 1.06. The summed E-state index contributed by atoms with van der Waals surface area (Å²) in [6, 6.07) is 25.6. The molecule has 4 aromatic rings. The average Bonchev–Trinajstić information content (AvgIpc) is 3.04. The molecule has 45 heavy (non-hydrogen) atoms. The third kappa shape index (κ3) is 8.63. The van der Waals surface area contributed by atoms with E-state index in [9.17, 15) is 18.0 Å². The predicted molar refractivity (Wildman–Crippen MR) is 176 cm³/mol. The molecule has 0 saturated carbocycles. The third-order valence-electron chi connectivity index (χ3n) is 7.34. The Morgan fingerprint density at radius 3 is 2.09 bits per heavy atom. The van der Waals surface area contributed by atoms with Crippen LogP contribution in [0.4, 0.5) is 10.1 Å². The number of hydrogen-bond acceptors (Lipinski definition) is 4. The maximum atomic E-state index is 15.2. The van der Waals surface area contributed by atoms with E-state index in [1.54, 1.807) is 36.4 Å². The number of nitrogens with zero attached hydrogens (tertiary/aromatic N) is 2. The van der Waals surface area contributed by atoms with Crippen LogP contribution < -0.4 is 9.62 Å². The van der Waals surface area contributed by atoms with Crippen molar-refractivity contribution in [2.24, 2.45) is 0 Å². The zero-order chi connectivity index (χ0) is 32.6. The van der Waals surface area contributed by atoms with Gasteiger partial charge in [-0.15, -0.1) is 0 Å². The second-order valence-electron chi connectivity index (χ2n) is 10.6. The Morgan fingerprint density at radius 1 is 0.844 bits per heavy atom. The molecule has 11 heteroatoms. The minimum atomic E-state index is -4.41. The summed E-state index contributed by atoms with van der Waals surface area (Å²) in [6.07, 6.45) is 0.794. The fourth-order valence-electron chi connectivity index (χ4n) is 4.72. The molecule has 0 aliphatic rings. The van der Waals surface area contributed by atoms with E-state index >= 15 is 4.39 Å². The Labute approximate surface area is 273 Å². The van der Waals surface area contributed by atoms with Crippen molar-refractivity contribution in [2.45, 2.75) is 50.2 Å². The fourth-order valence-corrected chi connectivity index (χ4v) is 6.48. The van der Waals surface area contributed by atoms with Gasteiger partial charge < -0.3 is 10.2 Å². The van der Waals surface area contributed by atoms with Gasteiger partial charge >= 0.3 is 0 Å². The molecule has 0 heterocycles. The number of sulfonamides is 1. The van der Waals surface area contributed by atoms with Crippen molar-refractivity contribution < 1.29 is 22.4 Å². The Kier molecular flexibility index (Phi) is 11.6. The number of hydrogen-bond donors (Lipinski definition) is 1. The maximum absolute atomic E-state index is 15.2. The molecule has 4 aromatic carbocycles. The van der Waals surface area contributed by atoms with Crippen LogP contribution in [-0.2, 0) is 32.6 Å². The van der Waals surface area contributed by atoms with Crippen LogP contribution in [0.15, 0.2) is 108 Å². The fraction of sp³-hybridized carbons (Fsp3) is 0.235. The molecular formula is C34H34Cl2FN3O4S. The first-order valence-corrected chi connectivity index (χ1v) is 16.6. The van der Waals surface area contributed by atoms with E-state index in [1.165, 1.54) is 35.2 Å². The van der Waals surface area contributed by atoms with Crippen LogP contribution in [0.25, 0.3) is 0 Å². The zero-order valence-electron chi connectivity index (χ0n) is 24.9. The number of carbonyl (C=O) groups excluding carboxylic acids is 2. The Morgan fingerprint density at radius 2 is 1.47 bits per heavy atom. The number of benzene rings is 4. The summed E-state index contributed by atoms with van der Waals surface area (Å²) in [4.78, 5) is 29.5. The first-order valence-electron chi connectivity index (χ1n) is 14.4. The summed E-state index contributed by atoms with van der Waals surface area (Å²) < 4.78 is 43.8. The molecule has 0 unspecified atom stereocenters. The molecule has 1 N–H and O–H groups in total. The monoisotopic (exact) mass is 669 g/mol. The van der Waals surface area contributed by atoms with E-state index in [0.29, 0.717) is 17.0 Å². The molecule has 0 bridgehead atoms. The highest BCUT2D eigenvalue weighted by molar-refractivity contribution is 7.92. The highest BCUT2D eigenvalue weighted by atomic mass is 35.5. The van der Waals surface area contributed by atoms with Crippen LogP contribution in [-0.4, -0.2) is 43.8 Å². The molecule has 0 fully saturated rings. The second kappa shape index (κ2) is 15.4. The van der Waals surface area contributed by atoms with Gasteiger partial charge in [-0.05, 0) is 60.9 Å². The van der Waals surface area contributed by atoms with Gasteiger partial charge in [0.05, 0.1) is 20.6 Å². The third-order valence-corrected chi connectivity index (χ3v) is 9.85. The number of halogens is 3.